The van der Waals surface area contributed by atoms with Crippen molar-refractivity contribution in [3.05, 3.63) is 60.4 Å². The molecule has 0 spiro atoms. The van der Waals surface area contributed by atoms with Gasteiger partial charge in [-0.3, -0.25) is 0 Å². The summed E-state index contributed by atoms with van der Waals surface area (Å²) in [6.45, 7) is 2.88. The summed E-state index contributed by atoms with van der Waals surface area (Å²) in [4.78, 5) is 11.4. The lowest BCUT2D eigenvalue weighted by Gasteiger charge is -2.05. The Kier molecular flexibility index (Phi) is 5.12. The minimum atomic E-state index is -0.252. The molecule has 2 rings (SSSR count). The Bertz CT molecular complexity index is 555. The molecule has 0 aliphatic heterocycles. The van der Waals surface area contributed by atoms with Gasteiger partial charge in [0.15, 0.2) is 11.9 Å². The standard InChI is InChI=1S/C16H18NO3/c1-2-19-16(18)12-17-10-6-9-15(11-17)20-13-14-7-4-3-5-8-14/h3-11H,2,12-13H2,1H3/q+1. The lowest BCUT2D eigenvalue weighted by molar-refractivity contribution is -0.686. The Morgan fingerprint density at radius 2 is 1.95 bits per heavy atom. The monoisotopic (exact) mass is 272 g/mol. The van der Waals surface area contributed by atoms with Crippen LogP contribution in [0.5, 0.6) is 5.75 Å². The van der Waals surface area contributed by atoms with Gasteiger partial charge in [0.2, 0.25) is 12.7 Å². The van der Waals surface area contributed by atoms with Crippen molar-refractivity contribution in [1.82, 2.24) is 0 Å². The largest absolute Gasteiger partial charge is 0.483 e. The molecule has 0 bridgehead atoms. The summed E-state index contributed by atoms with van der Waals surface area (Å²) < 4.78 is 12.4. The van der Waals surface area contributed by atoms with Gasteiger partial charge in [-0.2, -0.15) is 4.57 Å². The molecule has 1 heterocycles. The van der Waals surface area contributed by atoms with Crippen LogP contribution in [0.4, 0.5) is 0 Å². The van der Waals surface area contributed by atoms with Gasteiger partial charge in [-0.15, -0.1) is 0 Å². The first-order valence-corrected chi connectivity index (χ1v) is 6.59. The predicted octanol–water partition coefficient (Wildman–Crippen LogP) is 2.12. The number of pyridine rings is 1. The Hall–Kier alpha value is -2.36. The van der Waals surface area contributed by atoms with Crippen LogP contribution < -0.4 is 9.30 Å². The van der Waals surface area contributed by atoms with Crippen molar-refractivity contribution in [1.29, 1.82) is 0 Å². The first-order valence-electron chi connectivity index (χ1n) is 6.59. The molecule has 0 unspecified atom stereocenters. The Balaban J connectivity index is 1.94. The maximum Gasteiger partial charge on any atom is 0.372 e. The highest BCUT2D eigenvalue weighted by Gasteiger charge is 2.11. The lowest BCUT2D eigenvalue weighted by atomic mass is 10.2. The molecule has 4 heteroatoms. The summed E-state index contributed by atoms with van der Waals surface area (Å²) in [6, 6.07) is 13.7. The van der Waals surface area contributed by atoms with Gasteiger partial charge in [-0.05, 0) is 18.6 Å². The van der Waals surface area contributed by atoms with E-state index in [-0.39, 0.29) is 12.5 Å². The number of esters is 1. The highest BCUT2D eigenvalue weighted by molar-refractivity contribution is 5.67. The molecule has 0 N–H and O–H groups in total. The van der Waals surface area contributed by atoms with Crippen LogP contribution in [0.25, 0.3) is 0 Å². The van der Waals surface area contributed by atoms with Crippen LogP contribution in [0.15, 0.2) is 54.9 Å². The second kappa shape index (κ2) is 7.28. The van der Waals surface area contributed by atoms with Crippen LogP contribution in [-0.2, 0) is 22.7 Å². The number of hydrogen-bond acceptors (Lipinski definition) is 3. The summed E-state index contributed by atoms with van der Waals surface area (Å²) in [5.74, 6) is 0.471. The maximum atomic E-state index is 11.4. The van der Waals surface area contributed by atoms with Crippen molar-refractivity contribution in [3.8, 4) is 5.75 Å². The molecule has 2 aromatic rings. The summed E-state index contributed by atoms with van der Waals surface area (Å²) >= 11 is 0. The second-order valence-electron chi connectivity index (χ2n) is 4.29. The van der Waals surface area contributed by atoms with E-state index in [0.29, 0.717) is 13.2 Å². The molecule has 104 valence electrons. The average molecular weight is 272 g/mol. The number of carbonyl (C=O) groups excluding carboxylic acids is 1. The van der Waals surface area contributed by atoms with Gasteiger partial charge in [-0.25, -0.2) is 4.79 Å². The van der Waals surface area contributed by atoms with Gasteiger partial charge < -0.3 is 9.47 Å². The number of hydrogen-bond donors (Lipinski definition) is 0. The lowest BCUT2D eigenvalue weighted by Crippen LogP contribution is -2.38. The van der Waals surface area contributed by atoms with Crippen LogP contribution in [0.1, 0.15) is 12.5 Å². The SMILES string of the molecule is CCOC(=O)C[n+]1cccc(OCc2ccccc2)c1. The molecule has 0 saturated carbocycles. The van der Waals surface area contributed by atoms with Crippen LogP contribution in [-0.4, -0.2) is 12.6 Å². The third-order valence-corrected chi connectivity index (χ3v) is 2.70. The molecule has 4 nitrogen and oxygen atoms in total. The second-order valence-corrected chi connectivity index (χ2v) is 4.29. The third-order valence-electron chi connectivity index (χ3n) is 2.70. The summed E-state index contributed by atoms with van der Waals surface area (Å²) in [5, 5.41) is 0. The molecular formula is C16H18NO3+. The molecule has 0 aliphatic carbocycles. The summed E-state index contributed by atoms with van der Waals surface area (Å²) in [7, 11) is 0. The first kappa shape index (κ1) is 14.1. The Morgan fingerprint density at radius 3 is 2.70 bits per heavy atom. The Morgan fingerprint density at radius 1 is 1.15 bits per heavy atom. The smallest absolute Gasteiger partial charge is 0.372 e. The van der Waals surface area contributed by atoms with Gasteiger partial charge >= 0.3 is 5.97 Å². The molecular weight excluding hydrogens is 254 g/mol. The molecule has 0 saturated heterocycles. The molecule has 1 aromatic heterocycles. The molecule has 0 aliphatic rings. The topological polar surface area (TPSA) is 39.4 Å². The maximum absolute atomic E-state index is 11.4. The number of carbonyl (C=O) groups is 1. The van der Waals surface area contributed by atoms with E-state index in [1.807, 2.05) is 48.7 Å². The zero-order valence-corrected chi connectivity index (χ0v) is 11.5. The van der Waals surface area contributed by atoms with E-state index >= 15 is 0 Å². The van der Waals surface area contributed by atoms with Crippen molar-refractivity contribution in [2.24, 2.45) is 0 Å². The molecule has 20 heavy (non-hydrogen) atoms. The Labute approximate surface area is 118 Å². The minimum absolute atomic E-state index is 0.191. The van der Waals surface area contributed by atoms with Gasteiger partial charge in [0, 0.05) is 6.07 Å². The van der Waals surface area contributed by atoms with E-state index in [9.17, 15) is 4.79 Å². The van der Waals surface area contributed by atoms with Crippen molar-refractivity contribution >= 4 is 5.97 Å². The third kappa shape index (κ3) is 4.39. The van der Waals surface area contributed by atoms with Crippen LogP contribution in [0, 0.1) is 0 Å². The van der Waals surface area contributed by atoms with E-state index in [4.69, 9.17) is 9.47 Å². The van der Waals surface area contributed by atoms with Crippen molar-refractivity contribution in [3.63, 3.8) is 0 Å². The average Bonchev–Trinajstić information content (AvgIpc) is 2.47. The fraction of sp³-hybridized carbons (Fsp3) is 0.250. The number of ether oxygens (including phenoxy) is 2. The van der Waals surface area contributed by atoms with Crippen molar-refractivity contribution in [2.75, 3.05) is 6.61 Å². The van der Waals surface area contributed by atoms with Crippen LogP contribution in [0.2, 0.25) is 0 Å². The number of benzene rings is 1. The van der Waals surface area contributed by atoms with Crippen molar-refractivity contribution < 1.29 is 18.8 Å². The van der Waals surface area contributed by atoms with Gasteiger partial charge in [0.1, 0.15) is 6.61 Å². The normalized spacial score (nSPS) is 10.1. The molecule has 0 atom stereocenters. The predicted molar refractivity (Wildman–Crippen MR) is 74.0 cm³/mol. The van der Waals surface area contributed by atoms with Gasteiger partial charge in [0.25, 0.3) is 0 Å². The summed E-state index contributed by atoms with van der Waals surface area (Å²) in [5.41, 5.74) is 1.10. The van der Waals surface area contributed by atoms with E-state index in [1.54, 1.807) is 17.7 Å². The molecule has 0 amide bonds. The number of rotatable bonds is 6. The van der Waals surface area contributed by atoms with E-state index < -0.39 is 0 Å². The highest BCUT2D eigenvalue weighted by atomic mass is 16.5. The minimum Gasteiger partial charge on any atom is -0.483 e. The van der Waals surface area contributed by atoms with Gasteiger partial charge in [-0.1, -0.05) is 30.3 Å². The zero-order chi connectivity index (χ0) is 14.2. The molecule has 1 aromatic carbocycles. The molecule has 0 fully saturated rings. The van der Waals surface area contributed by atoms with E-state index in [0.717, 1.165) is 11.3 Å². The summed E-state index contributed by atoms with van der Waals surface area (Å²) in [6.07, 6.45) is 3.60. The van der Waals surface area contributed by atoms with E-state index in [1.165, 1.54) is 0 Å². The quantitative estimate of drug-likeness (QED) is 0.597. The van der Waals surface area contributed by atoms with Gasteiger partial charge in [0.05, 0.1) is 6.61 Å². The number of nitrogens with zero attached hydrogens (tertiary/aromatic N) is 1. The fourth-order valence-corrected chi connectivity index (χ4v) is 1.78. The molecule has 0 radical (unpaired) electrons. The first-order chi connectivity index (χ1) is 9.78. The highest BCUT2D eigenvalue weighted by Crippen LogP contribution is 2.09. The fourth-order valence-electron chi connectivity index (χ4n) is 1.78. The zero-order valence-electron chi connectivity index (χ0n) is 11.5. The van der Waals surface area contributed by atoms with Crippen LogP contribution in [0.3, 0.4) is 0 Å². The number of aromatic nitrogens is 1. The van der Waals surface area contributed by atoms with Crippen molar-refractivity contribution in [2.45, 2.75) is 20.1 Å². The van der Waals surface area contributed by atoms with E-state index in [2.05, 4.69) is 0 Å². The van der Waals surface area contributed by atoms with Crippen LogP contribution >= 0.6 is 0 Å².